The van der Waals surface area contributed by atoms with Crippen LogP contribution in [0.15, 0.2) is 36.7 Å². The molecule has 0 spiro atoms. The van der Waals surface area contributed by atoms with Gasteiger partial charge in [-0.05, 0) is 43.3 Å². The number of carbonyl (C=O) groups is 1. The molecule has 2 heterocycles. The lowest BCUT2D eigenvalue weighted by atomic mass is 9.88. The van der Waals surface area contributed by atoms with Crippen molar-refractivity contribution in [3.05, 3.63) is 42.5 Å². The van der Waals surface area contributed by atoms with E-state index in [4.69, 9.17) is 0 Å². The van der Waals surface area contributed by atoms with E-state index in [2.05, 4.69) is 15.7 Å². The van der Waals surface area contributed by atoms with Crippen LogP contribution in [0.25, 0.3) is 5.69 Å². The van der Waals surface area contributed by atoms with E-state index in [0.29, 0.717) is 17.3 Å². The molecule has 1 fully saturated rings. The van der Waals surface area contributed by atoms with Gasteiger partial charge in [-0.3, -0.25) is 4.79 Å². The van der Waals surface area contributed by atoms with Gasteiger partial charge in [0.15, 0.2) is 5.82 Å². The van der Waals surface area contributed by atoms with Crippen molar-refractivity contribution in [1.82, 2.24) is 15.1 Å². The zero-order chi connectivity index (χ0) is 14.8. The van der Waals surface area contributed by atoms with Crippen LogP contribution in [0.4, 0.5) is 10.1 Å². The Morgan fingerprint density at radius 2 is 2.33 bits per heavy atom. The molecular formula is C15H17FN4O. The van der Waals surface area contributed by atoms with Crippen LogP contribution in [0, 0.1) is 17.7 Å². The van der Waals surface area contributed by atoms with Crippen molar-refractivity contribution >= 4 is 11.6 Å². The summed E-state index contributed by atoms with van der Waals surface area (Å²) in [6.45, 7) is 3.62. The Hall–Kier alpha value is -2.21. The molecule has 2 aromatic rings. The molecule has 1 aliphatic heterocycles. The zero-order valence-corrected chi connectivity index (χ0v) is 11.7. The van der Waals surface area contributed by atoms with Crippen molar-refractivity contribution < 1.29 is 9.18 Å². The van der Waals surface area contributed by atoms with Crippen LogP contribution >= 0.6 is 0 Å². The van der Waals surface area contributed by atoms with E-state index >= 15 is 0 Å². The Morgan fingerprint density at radius 1 is 1.52 bits per heavy atom. The normalized spacial score (nSPS) is 16.3. The number of anilines is 1. The summed E-state index contributed by atoms with van der Waals surface area (Å²) in [5.74, 6) is -0.222. The monoisotopic (exact) mass is 288 g/mol. The van der Waals surface area contributed by atoms with Gasteiger partial charge >= 0.3 is 0 Å². The van der Waals surface area contributed by atoms with Gasteiger partial charge in [0.2, 0.25) is 5.91 Å². The molecule has 21 heavy (non-hydrogen) atoms. The van der Waals surface area contributed by atoms with Crippen LogP contribution in [0.3, 0.4) is 0 Å². The summed E-state index contributed by atoms with van der Waals surface area (Å²) in [4.78, 5) is 12.1. The Kier molecular flexibility index (Phi) is 3.70. The second-order valence-corrected chi connectivity index (χ2v) is 5.31. The van der Waals surface area contributed by atoms with E-state index < -0.39 is 5.82 Å². The molecule has 1 amide bonds. The lowest BCUT2D eigenvalue weighted by Gasteiger charge is -2.31. The van der Waals surface area contributed by atoms with Crippen molar-refractivity contribution in [1.29, 1.82) is 0 Å². The first-order chi connectivity index (χ1) is 10.1. The molecule has 0 aliphatic carbocycles. The first-order valence-corrected chi connectivity index (χ1v) is 6.96. The summed E-state index contributed by atoms with van der Waals surface area (Å²) in [7, 11) is 0. The molecule has 1 aromatic carbocycles. The fourth-order valence-electron chi connectivity index (χ4n) is 2.32. The second-order valence-electron chi connectivity index (χ2n) is 5.31. The Balaban J connectivity index is 1.71. The summed E-state index contributed by atoms with van der Waals surface area (Å²) in [6, 6.07) is 6.33. The molecule has 110 valence electrons. The first kappa shape index (κ1) is 13.8. The molecule has 0 saturated carbocycles. The van der Waals surface area contributed by atoms with Crippen molar-refractivity contribution in [3.8, 4) is 5.69 Å². The average Bonchev–Trinajstić information content (AvgIpc) is 2.90. The van der Waals surface area contributed by atoms with Gasteiger partial charge in [0.05, 0.1) is 0 Å². The number of nitrogens with zero attached hydrogens (tertiary/aromatic N) is 2. The van der Waals surface area contributed by atoms with Gasteiger partial charge < -0.3 is 10.6 Å². The summed E-state index contributed by atoms with van der Waals surface area (Å²) in [6.07, 6.45) is 3.26. The minimum absolute atomic E-state index is 0.0762. The molecule has 1 aromatic heterocycles. The van der Waals surface area contributed by atoms with E-state index in [1.807, 2.05) is 6.92 Å². The molecule has 3 rings (SSSR count). The van der Waals surface area contributed by atoms with E-state index in [-0.39, 0.29) is 11.8 Å². The Bertz CT molecular complexity index is 637. The Morgan fingerprint density at radius 3 is 2.90 bits per heavy atom. The van der Waals surface area contributed by atoms with E-state index in [9.17, 15) is 9.18 Å². The van der Waals surface area contributed by atoms with Gasteiger partial charge in [0.1, 0.15) is 5.69 Å². The molecule has 1 aliphatic rings. The zero-order valence-electron chi connectivity index (χ0n) is 11.7. The minimum Gasteiger partial charge on any atom is -0.326 e. The van der Waals surface area contributed by atoms with Crippen molar-refractivity contribution in [3.63, 3.8) is 0 Å². The highest BCUT2D eigenvalue weighted by molar-refractivity contribution is 5.92. The van der Waals surface area contributed by atoms with Crippen LogP contribution in [-0.4, -0.2) is 28.8 Å². The summed E-state index contributed by atoms with van der Waals surface area (Å²) in [5, 5.41) is 9.90. The van der Waals surface area contributed by atoms with Gasteiger partial charge in [-0.1, -0.05) is 6.92 Å². The summed E-state index contributed by atoms with van der Waals surface area (Å²) >= 11 is 0. The number of hydrogen-bond acceptors (Lipinski definition) is 3. The molecule has 0 bridgehead atoms. The molecule has 0 radical (unpaired) electrons. The maximum Gasteiger partial charge on any atom is 0.227 e. The average molecular weight is 288 g/mol. The number of aromatic nitrogens is 2. The minimum atomic E-state index is -0.422. The van der Waals surface area contributed by atoms with Gasteiger partial charge in [-0.2, -0.15) is 5.10 Å². The second kappa shape index (κ2) is 5.65. The summed E-state index contributed by atoms with van der Waals surface area (Å²) < 4.78 is 15.5. The van der Waals surface area contributed by atoms with Crippen LogP contribution in [0.2, 0.25) is 0 Å². The van der Waals surface area contributed by atoms with Gasteiger partial charge in [0, 0.05) is 24.0 Å². The van der Waals surface area contributed by atoms with Crippen LogP contribution in [0.5, 0.6) is 0 Å². The fraction of sp³-hybridized carbons (Fsp3) is 0.333. The lowest BCUT2D eigenvalue weighted by Crippen LogP contribution is -2.48. The fourth-order valence-corrected chi connectivity index (χ4v) is 2.32. The lowest BCUT2D eigenvalue weighted by molar-refractivity contribution is -0.121. The number of halogens is 1. The number of rotatable bonds is 4. The molecule has 1 saturated heterocycles. The number of nitrogens with one attached hydrogen (secondary N) is 2. The number of amides is 1. The van der Waals surface area contributed by atoms with Crippen molar-refractivity contribution in [2.45, 2.75) is 6.92 Å². The van der Waals surface area contributed by atoms with E-state index in [0.717, 1.165) is 13.1 Å². The summed E-state index contributed by atoms with van der Waals surface area (Å²) in [5.41, 5.74) is 0.821. The third kappa shape index (κ3) is 2.80. The molecular weight excluding hydrogens is 271 g/mol. The molecule has 1 unspecified atom stereocenters. The largest absolute Gasteiger partial charge is 0.326 e. The highest BCUT2D eigenvalue weighted by Gasteiger charge is 2.28. The SMILES string of the molecule is CC(C(=O)Nc1ccc(-n2cccn2)c(F)c1)C1CNC1. The number of carbonyl (C=O) groups excluding carboxylic acids is 1. The number of benzene rings is 1. The molecule has 6 heteroatoms. The number of hydrogen-bond donors (Lipinski definition) is 2. The van der Waals surface area contributed by atoms with Gasteiger partial charge in [0.25, 0.3) is 0 Å². The third-order valence-electron chi connectivity index (χ3n) is 3.90. The quantitative estimate of drug-likeness (QED) is 0.902. The van der Waals surface area contributed by atoms with E-state index in [1.165, 1.54) is 10.7 Å². The van der Waals surface area contributed by atoms with Crippen molar-refractivity contribution in [2.75, 3.05) is 18.4 Å². The van der Waals surface area contributed by atoms with Gasteiger partial charge in [-0.25, -0.2) is 9.07 Å². The maximum absolute atomic E-state index is 14.1. The highest BCUT2D eigenvalue weighted by Crippen LogP contribution is 2.21. The van der Waals surface area contributed by atoms with Crippen LogP contribution in [-0.2, 0) is 4.79 Å². The Labute approximate surface area is 122 Å². The predicted molar refractivity (Wildman–Crippen MR) is 77.7 cm³/mol. The van der Waals surface area contributed by atoms with E-state index in [1.54, 1.807) is 30.6 Å². The topological polar surface area (TPSA) is 59.0 Å². The predicted octanol–water partition coefficient (Wildman–Crippen LogP) is 1.81. The first-order valence-electron chi connectivity index (χ1n) is 6.96. The standard InChI is InChI=1S/C15H17FN4O/c1-10(11-8-17-9-11)15(21)19-12-3-4-14(13(16)7-12)20-6-2-5-18-20/h2-7,10-11,17H,8-9H2,1H3,(H,19,21). The smallest absolute Gasteiger partial charge is 0.227 e. The van der Waals surface area contributed by atoms with Crippen LogP contribution < -0.4 is 10.6 Å². The maximum atomic E-state index is 14.1. The molecule has 5 nitrogen and oxygen atoms in total. The van der Waals surface area contributed by atoms with Crippen LogP contribution in [0.1, 0.15) is 6.92 Å². The van der Waals surface area contributed by atoms with Gasteiger partial charge in [-0.15, -0.1) is 0 Å². The van der Waals surface area contributed by atoms with Crippen molar-refractivity contribution in [2.24, 2.45) is 11.8 Å². The third-order valence-corrected chi connectivity index (χ3v) is 3.90. The molecule has 2 N–H and O–H groups in total. The molecule has 1 atom stereocenters. The highest BCUT2D eigenvalue weighted by atomic mass is 19.1.